The van der Waals surface area contributed by atoms with Crippen LogP contribution in [0.2, 0.25) is 0 Å². The zero-order valence-electron chi connectivity index (χ0n) is 33.0. The van der Waals surface area contributed by atoms with E-state index in [9.17, 15) is 0 Å². The SMILES string of the molecule is C.CC.CC.CC.CC.CC.CC.CC.CC.Cc1ccccc1.Cc1cccnc1.Cc1ccncc1.Cc1cncnc1. The first kappa shape index (κ1) is 64.5. The Morgan fingerprint density at radius 1 is 0.311 bits per heavy atom. The fraction of sp³-hybridized carbons (Fsp3) is 0.512. The lowest BCUT2D eigenvalue weighted by Crippen LogP contribution is -1.75. The number of rotatable bonds is 0. The highest BCUT2D eigenvalue weighted by molar-refractivity contribution is 5.11. The van der Waals surface area contributed by atoms with Crippen molar-refractivity contribution < 1.29 is 0 Å². The summed E-state index contributed by atoms with van der Waals surface area (Å²) in [6.07, 6.45) is 12.2. The molecular formula is C41H80N4. The first-order chi connectivity index (χ1) is 21.6. The van der Waals surface area contributed by atoms with Crippen molar-refractivity contribution in [3.8, 4) is 0 Å². The van der Waals surface area contributed by atoms with Gasteiger partial charge in [0, 0.05) is 37.2 Å². The molecule has 0 aliphatic heterocycles. The predicted molar refractivity (Wildman–Crippen MR) is 213 cm³/mol. The molecule has 0 unspecified atom stereocenters. The molecule has 4 rings (SSSR count). The molecule has 0 aliphatic carbocycles. The molecule has 0 saturated carbocycles. The van der Waals surface area contributed by atoms with E-state index in [4.69, 9.17) is 0 Å². The Hall–Kier alpha value is -3.40. The summed E-state index contributed by atoms with van der Waals surface area (Å²) in [5.41, 5.74) is 4.89. The van der Waals surface area contributed by atoms with E-state index in [0.29, 0.717) is 0 Å². The monoisotopic (exact) mass is 629 g/mol. The number of hydrogen-bond acceptors (Lipinski definition) is 4. The van der Waals surface area contributed by atoms with Gasteiger partial charge >= 0.3 is 0 Å². The Labute approximate surface area is 285 Å². The van der Waals surface area contributed by atoms with Crippen LogP contribution < -0.4 is 0 Å². The molecule has 3 aromatic heterocycles. The highest BCUT2D eigenvalue weighted by atomic mass is 14.8. The van der Waals surface area contributed by atoms with Crippen molar-refractivity contribution in [2.45, 2.75) is 146 Å². The molecule has 0 bridgehead atoms. The van der Waals surface area contributed by atoms with E-state index in [0.717, 1.165) is 5.56 Å². The maximum atomic E-state index is 3.88. The predicted octanol–water partition coefficient (Wildman–Crippen LogP) is 14.4. The van der Waals surface area contributed by atoms with Gasteiger partial charge in [0.15, 0.2) is 0 Å². The molecule has 4 aromatic rings. The summed E-state index contributed by atoms with van der Waals surface area (Å²) in [5.74, 6) is 0. The van der Waals surface area contributed by atoms with Crippen LogP contribution in [0.25, 0.3) is 0 Å². The van der Waals surface area contributed by atoms with Gasteiger partial charge < -0.3 is 0 Å². The molecule has 0 aliphatic rings. The highest BCUT2D eigenvalue weighted by Crippen LogP contribution is 1.92. The maximum absolute atomic E-state index is 3.88. The number of benzene rings is 1. The second-order valence-electron chi connectivity index (χ2n) is 6.13. The second-order valence-corrected chi connectivity index (χ2v) is 6.13. The standard InChI is InChI=1S/C7H8.2C6H7N.C5H6N2.8C2H6.CH4/c1-7-5-3-2-4-6-7;1-6-2-4-7-5-3-6;1-6-3-2-4-7-5-6;1-5-2-6-4-7-3-5;8*1-2;/h2-6H,1H3;2*2-5H,1H3;2-4H,1H3;8*1-2H3;1H4. The van der Waals surface area contributed by atoms with Crippen molar-refractivity contribution in [3.63, 3.8) is 0 Å². The minimum atomic E-state index is 0. The maximum Gasteiger partial charge on any atom is 0.115 e. The quantitative estimate of drug-likeness (QED) is 0.194. The third-order valence-corrected chi connectivity index (χ3v) is 3.29. The number of aromatic nitrogens is 4. The van der Waals surface area contributed by atoms with Crippen LogP contribution in [0.15, 0.2) is 98.1 Å². The largest absolute Gasteiger partial charge is 0.265 e. The third kappa shape index (κ3) is 74.0. The second kappa shape index (κ2) is 77.8. The van der Waals surface area contributed by atoms with Crippen molar-refractivity contribution in [1.29, 1.82) is 0 Å². The molecule has 0 saturated heterocycles. The summed E-state index contributed by atoms with van der Waals surface area (Å²) < 4.78 is 0. The Balaban J connectivity index is -0.0000000475. The molecule has 0 atom stereocenters. The van der Waals surface area contributed by atoms with E-state index in [1.54, 1.807) is 31.0 Å². The van der Waals surface area contributed by atoms with Crippen LogP contribution in [-0.2, 0) is 0 Å². The molecule has 0 amide bonds. The normalized spacial score (nSPS) is 6.49. The molecule has 3 heterocycles. The first-order valence-corrected chi connectivity index (χ1v) is 17.0. The average Bonchev–Trinajstić information content (AvgIpc) is 3.14. The summed E-state index contributed by atoms with van der Waals surface area (Å²) in [5, 5.41) is 0. The van der Waals surface area contributed by atoms with Crippen LogP contribution in [-0.4, -0.2) is 19.9 Å². The number of hydrogen-bond donors (Lipinski definition) is 0. The summed E-state index contributed by atoms with van der Waals surface area (Å²) in [6.45, 7) is 40.1. The van der Waals surface area contributed by atoms with Gasteiger partial charge in [-0.15, -0.1) is 0 Å². The molecule has 4 nitrogen and oxygen atoms in total. The van der Waals surface area contributed by atoms with Gasteiger partial charge in [-0.1, -0.05) is 160 Å². The van der Waals surface area contributed by atoms with Gasteiger partial charge in [-0.05, 0) is 62.6 Å². The van der Waals surface area contributed by atoms with E-state index >= 15 is 0 Å². The Morgan fingerprint density at radius 3 is 0.822 bits per heavy atom. The van der Waals surface area contributed by atoms with Crippen molar-refractivity contribution in [2.24, 2.45) is 0 Å². The molecule has 264 valence electrons. The van der Waals surface area contributed by atoms with Gasteiger partial charge in [-0.25, -0.2) is 9.97 Å². The number of aryl methyl sites for hydroxylation is 4. The van der Waals surface area contributed by atoms with Gasteiger partial charge in [-0.3, -0.25) is 9.97 Å². The molecular weight excluding hydrogens is 548 g/mol. The molecule has 4 heteroatoms. The lowest BCUT2D eigenvalue weighted by molar-refractivity contribution is 1.13. The summed E-state index contributed by atoms with van der Waals surface area (Å²) in [4.78, 5) is 15.3. The van der Waals surface area contributed by atoms with Crippen LogP contribution in [0.1, 0.15) is 140 Å². The molecule has 0 fully saturated rings. The minimum Gasteiger partial charge on any atom is -0.265 e. The van der Waals surface area contributed by atoms with Gasteiger partial charge in [0.2, 0.25) is 0 Å². The van der Waals surface area contributed by atoms with E-state index in [2.05, 4.69) is 39.0 Å². The lowest BCUT2D eigenvalue weighted by Gasteiger charge is -1.82. The minimum absolute atomic E-state index is 0. The summed E-state index contributed by atoms with van der Waals surface area (Å²) >= 11 is 0. The van der Waals surface area contributed by atoms with Gasteiger partial charge in [-0.2, -0.15) is 0 Å². The summed E-state index contributed by atoms with van der Waals surface area (Å²) in [6, 6.07) is 18.2. The zero-order valence-corrected chi connectivity index (χ0v) is 33.0. The lowest BCUT2D eigenvalue weighted by atomic mass is 10.2. The fourth-order valence-corrected chi connectivity index (χ4v) is 1.78. The highest BCUT2D eigenvalue weighted by Gasteiger charge is 1.75. The zero-order chi connectivity index (χ0) is 36.5. The van der Waals surface area contributed by atoms with E-state index in [1.165, 1.54) is 23.0 Å². The molecule has 0 N–H and O–H groups in total. The Kier molecular flexibility index (Phi) is 112. The van der Waals surface area contributed by atoms with Gasteiger partial charge in [0.25, 0.3) is 0 Å². The molecule has 45 heavy (non-hydrogen) atoms. The van der Waals surface area contributed by atoms with Crippen LogP contribution in [0.4, 0.5) is 0 Å². The molecule has 0 spiro atoms. The number of nitrogens with zero attached hydrogens (tertiary/aromatic N) is 4. The van der Waals surface area contributed by atoms with Crippen LogP contribution in [0.3, 0.4) is 0 Å². The molecule has 0 radical (unpaired) electrons. The van der Waals surface area contributed by atoms with Gasteiger partial charge in [0.05, 0.1) is 0 Å². The Bertz CT molecular complexity index is 689. The molecule has 1 aromatic carbocycles. The van der Waals surface area contributed by atoms with Crippen molar-refractivity contribution in [2.75, 3.05) is 0 Å². The van der Waals surface area contributed by atoms with Gasteiger partial charge in [0.1, 0.15) is 6.33 Å². The van der Waals surface area contributed by atoms with E-state index in [1.807, 2.05) is 180 Å². The van der Waals surface area contributed by atoms with Crippen LogP contribution in [0.5, 0.6) is 0 Å². The van der Waals surface area contributed by atoms with Crippen LogP contribution in [0, 0.1) is 27.7 Å². The van der Waals surface area contributed by atoms with Crippen molar-refractivity contribution >= 4 is 0 Å². The topological polar surface area (TPSA) is 51.6 Å². The van der Waals surface area contributed by atoms with E-state index in [-0.39, 0.29) is 7.43 Å². The number of pyridine rings is 2. The summed E-state index contributed by atoms with van der Waals surface area (Å²) in [7, 11) is 0. The van der Waals surface area contributed by atoms with Crippen molar-refractivity contribution in [3.05, 3.63) is 120 Å². The smallest absolute Gasteiger partial charge is 0.115 e. The third-order valence-electron chi connectivity index (χ3n) is 3.29. The first-order valence-electron chi connectivity index (χ1n) is 17.0. The van der Waals surface area contributed by atoms with Crippen molar-refractivity contribution in [1.82, 2.24) is 19.9 Å². The fourth-order valence-electron chi connectivity index (χ4n) is 1.78. The Morgan fingerprint density at radius 2 is 0.644 bits per heavy atom. The van der Waals surface area contributed by atoms with E-state index < -0.39 is 0 Å². The average molecular weight is 629 g/mol. The van der Waals surface area contributed by atoms with Crippen LogP contribution >= 0.6 is 0 Å².